The third-order valence-corrected chi connectivity index (χ3v) is 7.20. The number of hydrogen-bond acceptors (Lipinski definition) is 4. The van der Waals surface area contributed by atoms with Gasteiger partial charge in [0.05, 0.1) is 0 Å². The van der Waals surface area contributed by atoms with Crippen LogP contribution in [0.15, 0.2) is 18.2 Å². The Hall–Kier alpha value is -1.92. The van der Waals surface area contributed by atoms with E-state index in [9.17, 15) is 9.59 Å². The Balaban J connectivity index is 1.29. The van der Waals surface area contributed by atoms with Crippen LogP contribution >= 0.6 is 0 Å². The molecule has 6 heteroatoms. The maximum atomic E-state index is 12.2. The van der Waals surface area contributed by atoms with Crippen LogP contribution in [0.3, 0.4) is 0 Å². The summed E-state index contributed by atoms with van der Waals surface area (Å²) in [6, 6.07) is 7.07. The zero-order valence-electron chi connectivity index (χ0n) is 19.7. The Morgan fingerprint density at radius 1 is 1.12 bits per heavy atom. The third-order valence-electron chi connectivity index (χ3n) is 7.20. The Labute approximate surface area is 193 Å². The topological polar surface area (TPSA) is 64.7 Å². The first-order chi connectivity index (χ1) is 15.6. The number of aryl methyl sites for hydroxylation is 1. The fourth-order valence-corrected chi connectivity index (χ4v) is 5.15. The van der Waals surface area contributed by atoms with Crippen molar-refractivity contribution in [3.8, 4) is 0 Å². The van der Waals surface area contributed by atoms with Crippen molar-refractivity contribution in [1.29, 1.82) is 0 Å². The molecular formula is C26H40N4O2. The molecule has 1 saturated heterocycles. The van der Waals surface area contributed by atoms with Crippen LogP contribution in [-0.2, 0) is 22.4 Å². The summed E-state index contributed by atoms with van der Waals surface area (Å²) >= 11 is 0. The van der Waals surface area contributed by atoms with E-state index < -0.39 is 0 Å². The van der Waals surface area contributed by atoms with Gasteiger partial charge in [0, 0.05) is 50.2 Å². The summed E-state index contributed by atoms with van der Waals surface area (Å²) in [6.07, 6.45) is 9.47. The van der Waals surface area contributed by atoms with E-state index in [2.05, 4.69) is 40.7 Å². The minimum Gasteiger partial charge on any atom is -0.341 e. The maximum absolute atomic E-state index is 12.2. The molecule has 2 N–H and O–H groups in total. The highest BCUT2D eigenvalue weighted by Crippen LogP contribution is 2.31. The van der Waals surface area contributed by atoms with Crippen LogP contribution in [0.25, 0.3) is 0 Å². The highest BCUT2D eigenvalue weighted by atomic mass is 16.2. The molecule has 1 atom stereocenters. The summed E-state index contributed by atoms with van der Waals surface area (Å²) in [4.78, 5) is 29.1. The first-order valence-electron chi connectivity index (χ1n) is 12.8. The number of benzene rings is 1. The number of carbonyl (C=O) groups excluding carboxylic acids is 2. The molecule has 0 aromatic heterocycles. The minimum absolute atomic E-state index is 0.184. The number of nitrogens with zero attached hydrogens (tertiary/aromatic N) is 2. The smallest absolute Gasteiger partial charge is 0.227 e. The van der Waals surface area contributed by atoms with Gasteiger partial charge in [-0.15, -0.1) is 0 Å². The average Bonchev–Trinajstić information content (AvgIpc) is 3.65. The van der Waals surface area contributed by atoms with Crippen molar-refractivity contribution >= 4 is 17.5 Å². The molecule has 1 aromatic carbocycles. The quantitative estimate of drug-likeness (QED) is 0.549. The van der Waals surface area contributed by atoms with Crippen LogP contribution in [0.2, 0.25) is 0 Å². The molecule has 6 nitrogen and oxygen atoms in total. The minimum atomic E-state index is 0.184. The standard InChI is InChI=1S/C26H40N4O2/c1-2-14-29(15-3-4-16-30-17-13-27-12-11-25(30)31)24-10-8-20-7-9-23(18-22(20)19-24)28-26(32)21-5-6-21/h7,9,18,21,24,27H,2-6,8,10-17,19H2,1H3,(H,28,32). The maximum Gasteiger partial charge on any atom is 0.227 e. The number of anilines is 1. The predicted molar refractivity (Wildman–Crippen MR) is 129 cm³/mol. The van der Waals surface area contributed by atoms with Crippen molar-refractivity contribution in [2.75, 3.05) is 44.6 Å². The lowest BCUT2D eigenvalue weighted by atomic mass is 9.87. The van der Waals surface area contributed by atoms with Crippen LogP contribution in [0, 0.1) is 5.92 Å². The van der Waals surface area contributed by atoms with Gasteiger partial charge >= 0.3 is 0 Å². The molecule has 4 rings (SSSR count). The summed E-state index contributed by atoms with van der Waals surface area (Å²) < 4.78 is 0. The second kappa shape index (κ2) is 11.3. The molecular weight excluding hydrogens is 400 g/mol. The van der Waals surface area contributed by atoms with Crippen LogP contribution in [0.1, 0.15) is 63.0 Å². The van der Waals surface area contributed by atoms with E-state index in [4.69, 9.17) is 0 Å². The number of hydrogen-bond donors (Lipinski definition) is 2. The molecule has 1 aliphatic heterocycles. The first-order valence-corrected chi connectivity index (χ1v) is 12.8. The zero-order chi connectivity index (χ0) is 22.3. The van der Waals surface area contributed by atoms with Gasteiger partial charge in [0.1, 0.15) is 0 Å². The number of carbonyl (C=O) groups is 2. The number of amides is 2. The second-order valence-electron chi connectivity index (χ2n) is 9.77. The molecule has 1 saturated carbocycles. The fraction of sp³-hybridized carbons (Fsp3) is 0.692. The van der Waals surface area contributed by atoms with Crippen LogP contribution in [0.4, 0.5) is 5.69 Å². The zero-order valence-corrected chi connectivity index (χ0v) is 19.7. The SMILES string of the molecule is CCCN(CCCCN1CCNCCC1=O)C1CCc2ccc(NC(=O)C3CC3)cc2C1. The molecule has 176 valence electrons. The van der Waals surface area contributed by atoms with Gasteiger partial charge in [-0.3, -0.25) is 9.59 Å². The average molecular weight is 441 g/mol. The molecule has 2 aliphatic carbocycles. The third kappa shape index (κ3) is 6.32. The Morgan fingerprint density at radius 2 is 2.00 bits per heavy atom. The molecule has 3 aliphatic rings. The summed E-state index contributed by atoms with van der Waals surface area (Å²) in [6.45, 7) is 7.96. The van der Waals surface area contributed by atoms with Gasteiger partial charge in [-0.2, -0.15) is 0 Å². The Bertz CT molecular complexity index is 792. The van der Waals surface area contributed by atoms with E-state index in [1.54, 1.807) is 0 Å². The number of unbranched alkanes of at least 4 members (excludes halogenated alkanes) is 1. The molecule has 0 bridgehead atoms. The number of rotatable bonds is 10. The summed E-state index contributed by atoms with van der Waals surface area (Å²) in [5, 5.41) is 6.43. The highest BCUT2D eigenvalue weighted by molar-refractivity contribution is 5.94. The Kier molecular flexibility index (Phi) is 8.20. The number of fused-ring (bicyclic) bond motifs is 1. The van der Waals surface area contributed by atoms with Crippen molar-refractivity contribution in [2.45, 2.75) is 70.8 Å². The molecule has 2 fully saturated rings. The van der Waals surface area contributed by atoms with Crippen LogP contribution in [-0.4, -0.2) is 66.9 Å². The van der Waals surface area contributed by atoms with Gasteiger partial charge in [0.2, 0.25) is 11.8 Å². The van der Waals surface area contributed by atoms with Crippen molar-refractivity contribution in [2.24, 2.45) is 5.92 Å². The van der Waals surface area contributed by atoms with E-state index >= 15 is 0 Å². The monoisotopic (exact) mass is 440 g/mol. The molecule has 0 radical (unpaired) electrons. The van der Waals surface area contributed by atoms with Crippen molar-refractivity contribution in [3.63, 3.8) is 0 Å². The molecule has 32 heavy (non-hydrogen) atoms. The number of nitrogens with one attached hydrogen (secondary N) is 2. The van der Waals surface area contributed by atoms with E-state index in [1.807, 2.05) is 4.90 Å². The molecule has 1 heterocycles. The van der Waals surface area contributed by atoms with Crippen LogP contribution in [0.5, 0.6) is 0 Å². The summed E-state index contributed by atoms with van der Waals surface area (Å²) in [5.74, 6) is 0.720. The Morgan fingerprint density at radius 3 is 2.81 bits per heavy atom. The lowest BCUT2D eigenvalue weighted by Gasteiger charge is -2.35. The van der Waals surface area contributed by atoms with E-state index in [-0.39, 0.29) is 11.8 Å². The molecule has 1 unspecified atom stereocenters. The van der Waals surface area contributed by atoms with Gasteiger partial charge in [-0.25, -0.2) is 0 Å². The van der Waals surface area contributed by atoms with E-state index in [0.29, 0.717) is 18.4 Å². The summed E-state index contributed by atoms with van der Waals surface area (Å²) in [5.41, 5.74) is 3.80. The molecule has 1 aromatic rings. The lowest BCUT2D eigenvalue weighted by Crippen LogP contribution is -2.41. The van der Waals surface area contributed by atoms with Gasteiger partial charge in [0.15, 0.2) is 0 Å². The molecule has 2 amide bonds. The van der Waals surface area contributed by atoms with Gasteiger partial charge in [0.25, 0.3) is 0 Å². The highest BCUT2D eigenvalue weighted by Gasteiger charge is 2.30. The largest absolute Gasteiger partial charge is 0.341 e. The van der Waals surface area contributed by atoms with Crippen molar-refractivity contribution in [3.05, 3.63) is 29.3 Å². The van der Waals surface area contributed by atoms with Gasteiger partial charge in [-0.1, -0.05) is 13.0 Å². The summed E-state index contributed by atoms with van der Waals surface area (Å²) in [7, 11) is 0. The second-order valence-corrected chi connectivity index (χ2v) is 9.77. The van der Waals surface area contributed by atoms with Crippen molar-refractivity contribution in [1.82, 2.24) is 15.1 Å². The predicted octanol–water partition coefficient (Wildman–Crippen LogP) is 3.21. The normalized spacial score (nSPS) is 21.4. The van der Waals surface area contributed by atoms with Gasteiger partial charge < -0.3 is 20.4 Å². The van der Waals surface area contributed by atoms with E-state index in [1.165, 1.54) is 17.5 Å². The lowest BCUT2D eigenvalue weighted by molar-refractivity contribution is -0.130. The van der Waals surface area contributed by atoms with E-state index in [0.717, 1.165) is 89.9 Å². The first kappa shape index (κ1) is 23.2. The van der Waals surface area contributed by atoms with Gasteiger partial charge in [-0.05, 0) is 87.7 Å². The van der Waals surface area contributed by atoms with Crippen molar-refractivity contribution < 1.29 is 9.59 Å². The molecule has 0 spiro atoms. The fourth-order valence-electron chi connectivity index (χ4n) is 5.15. The van der Waals surface area contributed by atoms with Crippen LogP contribution < -0.4 is 10.6 Å².